The van der Waals surface area contributed by atoms with Crippen LogP contribution in [0.3, 0.4) is 0 Å². The van der Waals surface area contributed by atoms with Gasteiger partial charge in [-0.25, -0.2) is 9.37 Å². The Kier molecular flexibility index (Phi) is 5.08. The summed E-state index contributed by atoms with van der Waals surface area (Å²) < 4.78 is 14.4. The zero-order valence-corrected chi connectivity index (χ0v) is 12.0. The highest BCUT2D eigenvalue weighted by molar-refractivity contribution is 5.44. The molecular formula is C14H24FN3. The van der Waals surface area contributed by atoms with Crippen molar-refractivity contribution in [3.63, 3.8) is 0 Å². The fraction of sp³-hybridized carbons (Fsp3) is 0.643. The minimum Gasteiger partial charge on any atom is -0.352 e. The summed E-state index contributed by atoms with van der Waals surface area (Å²) >= 11 is 0. The number of rotatable bonds is 6. The van der Waals surface area contributed by atoms with Gasteiger partial charge in [0.05, 0.1) is 0 Å². The topological polar surface area (TPSA) is 28.2 Å². The summed E-state index contributed by atoms with van der Waals surface area (Å²) in [5, 5.41) is 3.14. The number of pyridine rings is 1. The lowest BCUT2D eigenvalue weighted by Crippen LogP contribution is -2.41. The Morgan fingerprint density at radius 1 is 1.39 bits per heavy atom. The van der Waals surface area contributed by atoms with Crippen LogP contribution in [0.25, 0.3) is 0 Å². The van der Waals surface area contributed by atoms with Crippen molar-refractivity contribution in [3.8, 4) is 0 Å². The lowest BCUT2D eigenvalue weighted by atomic mass is 10.00. The summed E-state index contributed by atoms with van der Waals surface area (Å²) in [6, 6.07) is 1.73. The van der Waals surface area contributed by atoms with Crippen LogP contribution < -0.4 is 10.2 Å². The highest BCUT2D eigenvalue weighted by Crippen LogP contribution is 2.26. The Hall–Kier alpha value is -1.16. The molecule has 0 saturated heterocycles. The second-order valence-electron chi connectivity index (χ2n) is 5.11. The molecule has 1 N–H and O–H groups in total. The van der Waals surface area contributed by atoms with E-state index in [1.165, 1.54) is 0 Å². The molecule has 0 aliphatic heterocycles. The van der Waals surface area contributed by atoms with E-state index in [1.54, 1.807) is 12.3 Å². The fourth-order valence-corrected chi connectivity index (χ4v) is 1.63. The number of nitrogens with zero attached hydrogens (tertiary/aromatic N) is 2. The molecule has 0 amide bonds. The van der Waals surface area contributed by atoms with E-state index >= 15 is 0 Å². The third kappa shape index (κ3) is 3.19. The van der Waals surface area contributed by atoms with Crippen LogP contribution in [0.2, 0.25) is 0 Å². The van der Waals surface area contributed by atoms with Crippen molar-refractivity contribution >= 4 is 5.82 Å². The van der Waals surface area contributed by atoms with Crippen LogP contribution in [0.5, 0.6) is 0 Å². The Morgan fingerprint density at radius 3 is 2.61 bits per heavy atom. The summed E-state index contributed by atoms with van der Waals surface area (Å²) in [7, 11) is 1.89. The average Bonchev–Trinajstić information content (AvgIpc) is 2.36. The van der Waals surface area contributed by atoms with Gasteiger partial charge in [0.25, 0.3) is 0 Å². The quantitative estimate of drug-likeness (QED) is 0.845. The molecule has 1 heterocycles. The normalized spacial score (nSPS) is 11.7. The molecule has 0 bridgehead atoms. The van der Waals surface area contributed by atoms with Gasteiger partial charge in [-0.05, 0) is 32.9 Å². The van der Waals surface area contributed by atoms with Gasteiger partial charge < -0.3 is 10.2 Å². The van der Waals surface area contributed by atoms with Gasteiger partial charge in [-0.3, -0.25) is 0 Å². The Labute approximate surface area is 109 Å². The van der Waals surface area contributed by atoms with Crippen LogP contribution in [0.15, 0.2) is 12.3 Å². The van der Waals surface area contributed by atoms with Crippen molar-refractivity contribution in [1.29, 1.82) is 0 Å². The number of nitrogens with one attached hydrogen (secondary N) is 1. The minimum atomic E-state index is -0.220. The van der Waals surface area contributed by atoms with Crippen molar-refractivity contribution in [3.05, 3.63) is 23.6 Å². The van der Waals surface area contributed by atoms with E-state index in [0.717, 1.165) is 13.0 Å². The Balaban J connectivity index is 3.03. The summed E-state index contributed by atoms with van der Waals surface area (Å²) in [5.74, 6) is 0.208. The summed E-state index contributed by atoms with van der Waals surface area (Å²) in [4.78, 5) is 6.10. The Morgan fingerprint density at radius 2 is 2.06 bits per heavy atom. The van der Waals surface area contributed by atoms with Gasteiger partial charge in [0, 0.05) is 30.9 Å². The SMILES string of the molecule is CCNCc1ccnc(N(C)C(C)(C)CC)c1F. The lowest BCUT2D eigenvalue weighted by Gasteiger charge is -2.36. The van der Waals surface area contributed by atoms with E-state index in [9.17, 15) is 4.39 Å². The van der Waals surface area contributed by atoms with E-state index in [-0.39, 0.29) is 11.4 Å². The highest BCUT2D eigenvalue weighted by atomic mass is 19.1. The molecule has 0 aliphatic carbocycles. The van der Waals surface area contributed by atoms with Crippen LogP contribution >= 0.6 is 0 Å². The molecule has 0 fully saturated rings. The number of anilines is 1. The van der Waals surface area contributed by atoms with Gasteiger partial charge >= 0.3 is 0 Å². The van der Waals surface area contributed by atoms with Crippen LogP contribution in [0.1, 0.15) is 39.7 Å². The maximum Gasteiger partial charge on any atom is 0.170 e. The second kappa shape index (κ2) is 6.14. The summed E-state index contributed by atoms with van der Waals surface area (Å²) in [6.07, 6.45) is 2.61. The van der Waals surface area contributed by atoms with Gasteiger partial charge in [-0.2, -0.15) is 0 Å². The molecule has 1 rings (SSSR count). The van der Waals surface area contributed by atoms with E-state index < -0.39 is 0 Å². The monoisotopic (exact) mass is 253 g/mol. The van der Waals surface area contributed by atoms with Gasteiger partial charge in [0.15, 0.2) is 11.6 Å². The zero-order chi connectivity index (χ0) is 13.8. The number of hydrogen-bond donors (Lipinski definition) is 1. The van der Waals surface area contributed by atoms with Crippen molar-refractivity contribution in [1.82, 2.24) is 10.3 Å². The summed E-state index contributed by atoms with van der Waals surface area (Å²) in [5.41, 5.74) is 0.561. The standard InChI is InChI=1S/C14H24FN3/c1-6-14(3,4)18(5)13-12(15)11(8-9-17-13)10-16-7-2/h8-9,16H,6-7,10H2,1-5H3. The molecule has 0 atom stereocenters. The van der Waals surface area contributed by atoms with Crippen LogP contribution in [-0.4, -0.2) is 24.1 Å². The van der Waals surface area contributed by atoms with E-state index in [0.29, 0.717) is 17.9 Å². The molecule has 102 valence electrons. The van der Waals surface area contributed by atoms with E-state index in [4.69, 9.17) is 0 Å². The molecular weight excluding hydrogens is 229 g/mol. The molecule has 0 unspecified atom stereocenters. The predicted molar refractivity (Wildman–Crippen MR) is 74.3 cm³/mol. The number of aromatic nitrogens is 1. The van der Waals surface area contributed by atoms with Gasteiger partial charge in [0.1, 0.15) is 0 Å². The summed E-state index contributed by atoms with van der Waals surface area (Å²) in [6.45, 7) is 9.64. The maximum atomic E-state index is 14.4. The van der Waals surface area contributed by atoms with E-state index in [1.807, 2.05) is 18.9 Å². The zero-order valence-electron chi connectivity index (χ0n) is 12.0. The van der Waals surface area contributed by atoms with Gasteiger partial charge in [-0.15, -0.1) is 0 Å². The minimum absolute atomic E-state index is 0.106. The molecule has 0 spiro atoms. The molecule has 0 aromatic carbocycles. The second-order valence-corrected chi connectivity index (χ2v) is 5.11. The van der Waals surface area contributed by atoms with Crippen LogP contribution in [-0.2, 0) is 6.54 Å². The molecule has 0 saturated carbocycles. The molecule has 18 heavy (non-hydrogen) atoms. The highest BCUT2D eigenvalue weighted by Gasteiger charge is 2.25. The fourth-order valence-electron chi connectivity index (χ4n) is 1.63. The first-order valence-electron chi connectivity index (χ1n) is 6.52. The molecule has 4 heteroatoms. The molecule has 0 aliphatic rings. The van der Waals surface area contributed by atoms with Crippen molar-refractivity contribution in [2.24, 2.45) is 0 Å². The molecule has 1 aromatic heterocycles. The largest absolute Gasteiger partial charge is 0.352 e. The molecule has 3 nitrogen and oxygen atoms in total. The number of halogens is 1. The first-order chi connectivity index (χ1) is 8.44. The van der Waals surface area contributed by atoms with Crippen molar-refractivity contribution in [2.75, 3.05) is 18.5 Å². The van der Waals surface area contributed by atoms with Gasteiger partial charge in [-0.1, -0.05) is 13.8 Å². The van der Waals surface area contributed by atoms with Crippen molar-refractivity contribution in [2.45, 2.75) is 46.2 Å². The smallest absolute Gasteiger partial charge is 0.170 e. The van der Waals surface area contributed by atoms with E-state index in [2.05, 4.69) is 31.1 Å². The van der Waals surface area contributed by atoms with Crippen LogP contribution in [0.4, 0.5) is 10.2 Å². The van der Waals surface area contributed by atoms with Crippen LogP contribution in [0, 0.1) is 5.82 Å². The Bertz CT molecular complexity index is 391. The lowest BCUT2D eigenvalue weighted by molar-refractivity contribution is 0.456. The number of hydrogen-bond acceptors (Lipinski definition) is 3. The molecule has 1 aromatic rings. The van der Waals surface area contributed by atoms with Gasteiger partial charge in [0.2, 0.25) is 0 Å². The first kappa shape index (κ1) is 14.9. The third-order valence-electron chi connectivity index (χ3n) is 3.61. The predicted octanol–water partition coefficient (Wildman–Crippen LogP) is 2.96. The first-order valence-corrected chi connectivity index (χ1v) is 6.52. The average molecular weight is 253 g/mol. The maximum absolute atomic E-state index is 14.4. The molecule has 0 radical (unpaired) electrons. The van der Waals surface area contributed by atoms with Crippen molar-refractivity contribution < 1.29 is 4.39 Å². The third-order valence-corrected chi connectivity index (χ3v) is 3.61.